The van der Waals surface area contributed by atoms with E-state index in [1.165, 1.54) is 6.07 Å². The predicted octanol–water partition coefficient (Wildman–Crippen LogP) is 0.376. The van der Waals surface area contributed by atoms with Gasteiger partial charge in [0.05, 0.1) is 17.1 Å². The van der Waals surface area contributed by atoms with E-state index in [4.69, 9.17) is 15.6 Å². The standard InChI is InChI=1S/C23H31N5O9/c1-2-3-4-5-16-22(33)25-15(20(24)31)10-11-37-18-8-6-13(28(35)36)12-14(18)21(32)26-17(23(34)27-16)7-9-19(29)30/h6,8,12,15-17H,2-5,7,9-11H2,1H3,(H2,24,31)(H,25,33)(H,26,32)(H,27,34)(H,29,30)/t15-,16-,17-/m0/s1. The fourth-order valence-electron chi connectivity index (χ4n) is 3.69. The number of carbonyl (C=O) groups excluding carboxylic acids is 4. The number of hydrogen-bond donors (Lipinski definition) is 5. The highest BCUT2D eigenvalue weighted by Crippen LogP contribution is 2.25. The van der Waals surface area contributed by atoms with E-state index in [0.29, 0.717) is 6.42 Å². The normalized spacial score (nSPS) is 20.8. The number of fused-ring (bicyclic) bond motifs is 1. The number of ether oxygens (including phenoxy) is 1. The molecule has 1 heterocycles. The van der Waals surface area contributed by atoms with Crippen LogP contribution in [-0.2, 0) is 19.2 Å². The molecule has 0 unspecified atom stereocenters. The summed E-state index contributed by atoms with van der Waals surface area (Å²) in [5.74, 6) is -4.55. The summed E-state index contributed by atoms with van der Waals surface area (Å²) >= 11 is 0. The lowest BCUT2D eigenvalue weighted by atomic mass is 10.0. The molecule has 6 N–H and O–H groups in total. The van der Waals surface area contributed by atoms with Gasteiger partial charge in [0, 0.05) is 25.0 Å². The molecule has 14 heteroatoms. The van der Waals surface area contributed by atoms with Crippen molar-refractivity contribution < 1.29 is 38.7 Å². The van der Waals surface area contributed by atoms with Gasteiger partial charge in [-0.2, -0.15) is 0 Å². The molecule has 37 heavy (non-hydrogen) atoms. The molecule has 0 aromatic heterocycles. The van der Waals surface area contributed by atoms with Gasteiger partial charge in [-0.15, -0.1) is 0 Å². The van der Waals surface area contributed by atoms with Crippen LogP contribution in [0.3, 0.4) is 0 Å². The first-order chi connectivity index (χ1) is 17.5. The SMILES string of the molecule is CCCCC[C@@H]1NC(=O)[C@H](CCC(=O)O)NC(=O)c2cc([N+](=O)[O-])ccc2OCC[C@@H](C(N)=O)NC1=O. The van der Waals surface area contributed by atoms with E-state index >= 15 is 0 Å². The number of benzene rings is 1. The average Bonchev–Trinajstić information content (AvgIpc) is 2.84. The van der Waals surface area contributed by atoms with Crippen molar-refractivity contribution in [1.82, 2.24) is 16.0 Å². The van der Waals surface area contributed by atoms with E-state index in [1.54, 1.807) is 0 Å². The van der Waals surface area contributed by atoms with Crippen molar-refractivity contribution in [1.29, 1.82) is 0 Å². The Balaban J connectivity index is 2.48. The number of nitrogens with two attached hydrogens (primary N) is 1. The van der Waals surface area contributed by atoms with Crippen LogP contribution < -0.4 is 26.4 Å². The monoisotopic (exact) mass is 521 g/mol. The third-order valence-corrected chi connectivity index (χ3v) is 5.74. The number of nitrogens with one attached hydrogen (secondary N) is 3. The molecule has 1 aliphatic rings. The lowest BCUT2D eigenvalue weighted by molar-refractivity contribution is -0.384. The molecule has 0 saturated heterocycles. The number of carboxylic acids is 1. The quantitative estimate of drug-likeness (QED) is 0.172. The number of nitro groups is 1. The summed E-state index contributed by atoms with van der Waals surface area (Å²) in [6.45, 7) is 1.77. The van der Waals surface area contributed by atoms with Crippen molar-refractivity contribution >= 4 is 35.3 Å². The topological polar surface area (TPSA) is 220 Å². The number of rotatable bonds is 9. The number of carbonyl (C=O) groups is 5. The first kappa shape index (κ1) is 29.0. The Labute approximate surface area is 212 Å². The van der Waals surface area contributed by atoms with Gasteiger partial charge in [0.25, 0.3) is 11.6 Å². The van der Waals surface area contributed by atoms with Crippen LogP contribution in [0.4, 0.5) is 5.69 Å². The maximum Gasteiger partial charge on any atom is 0.303 e. The van der Waals surface area contributed by atoms with Crippen molar-refractivity contribution in [2.75, 3.05) is 6.61 Å². The Hall–Kier alpha value is -4.23. The van der Waals surface area contributed by atoms with Gasteiger partial charge in [0.15, 0.2) is 0 Å². The summed E-state index contributed by atoms with van der Waals surface area (Å²) in [4.78, 5) is 72.8. The van der Waals surface area contributed by atoms with Gasteiger partial charge >= 0.3 is 5.97 Å². The number of primary amides is 1. The maximum atomic E-state index is 13.1. The highest BCUT2D eigenvalue weighted by atomic mass is 16.6. The lowest BCUT2D eigenvalue weighted by Crippen LogP contribution is -2.56. The van der Waals surface area contributed by atoms with E-state index in [9.17, 15) is 34.1 Å². The average molecular weight is 522 g/mol. The molecule has 0 fully saturated rings. The summed E-state index contributed by atoms with van der Waals surface area (Å²) in [6.07, 6.45) is 1.53. The number of nitro benzene ring substituents is 1. The molecule has 4 amide bonds. The zero-order valence-corrected chi connectivity index (χ0v) is 20.4. The van der Waals surface area contributed by atoms with Gasteiger partial charge in [-0.25, -0.2) is 0 Å². The Morgan fingerprint density at radius 3 is 2.41 bits per heavy atom. The number of hydrogen-bond acceptors (Lipinski definition) is 8. The van der Waals surface area contributed by atoms with Crippen molar-refractivity contribution in [3.63, 3.8) is 0 Å². The minimum Gasteiger partial charge on any atom is -0.493 e. The predicted molar refractivity (Wildman–Crippen MR) is 129 cm³/mol. The van der Waals surface area contributed by atoms with Gasteiger partial charge in [-0.05, 0) is 18.9 Å². The number of unbranched alkanes of at least 4 members (excludes halogenated alkanes) is 2. The van der Waals surface area contributed by atoms with Crippen LogP contribution in [0.2, 0.25) is 0 Å². The van der Waals surface area contributed by atoms with Crippen molar-refractivity contribution in [2.45, 2.75) is 70.0 Å². The van der Waals surface area contributed by atoms with E-state index in [2.05, 4.69) is 16.0 Å². The van der Waals surface area contributed by atoms with Crippen LogP contribution in [-0.4, -0.2) is 64.4 Å². The maximum absolute atomic E-state index is 13.1. The Bertz CT molecular complexity index is 1050. The molecule has 0 radical (unpaired) electrons. The first-order valence-electron chi connectivity index (χ1n) is 11.9. The van der Waals surface area contributed by atoms with Gasteiger partial charge in [0.2, 0.25) is 17.7 Å². The molecule has 0 spiro atoms. The molecule has 14 nitrogen and oxygen atoms in total. The van der Waals surface area contributed by atoms with E-state index in [-0.39, 0.29) is 37.2 Å². The zero-order valence-electron chi connectivity index (χ0n) is 20.4. The number of carboxylic acid groups (broad SMARTS) is 1. The molecule has 1 aliphatic heterocycles. The summed E-state index contributed by atoms with van der Waals surface area (Å²) in [5, 5.41) is 27.8. The van der Waals surface area contributed by atoms with E-state index in [0.717, 1.165) is 25.0 Å². The molecule has 0 bridgehead atoms. The molecule has 3 atom stereocenters. The Morgan fingerprint density at radius 1 is 1.11 bits per heavy atom. The van der Waals surface area contributed by atoms with Crippen molar-refractivity contribution in [2.24, 2.45) is 5.73 Å². The van der Waals surface area contributed by atoms with Crippen LogP contribution >= 0.6 is 0 Å². The van der Waals surface area contributed by atoms with E-state index < -0.39 is 64.8 Å². The highest BCUT2D eigenvalue weighted by Gasteiger charge is 2.31. The summed E-state index contributed by atoms with van der Waals surface area (Å²) < 4.78 is 5.58. The van der Waals surface area contributed by atoms with Crippen LogP contribution in [0, 0.1) is 10.1 Å². The summed E-state index contributed by atoms with van der Waals surface area (Å²) in [7, 11) is 0. The van der Waals surface area contributed by atoms with Gasteiger partial charge < -0.3 is 31.5 Å². The van der Waals surface area contributed by atoms with E-state index in [1.807, 2.05) is 6.92 Å². The second-order valence-corrected chi connectivity index (χ2v) is 8.55. The largest absolute Gasteiger partial charge is 0.493 e. The summed E-state index contributed by atoms with van der Waals surface area (Å²) in [6, 6.07) is -0.359. The lowest BCUT2D eigenvalue weighted by Gasteiger charge is -2.25. The fourth-order valence-corrected chi connectivity index (χ4v) is 3.69. The molecule has 1 aromatic carbocycles. The minimum absolute atomic E-state index is 0.0734. The van der Waals surface area contributed by atoms with Crippen molar-refractivity contribution in [3.05, 3.63) is 33.9 Å². The Morgan fingerprint density at radius 2 is 1.78 bits per heavy atom. The van der Waals surface area contributed by atoms with Crippen LogP contribution in [0.5, 0.6) is 5.75 Å². The molecule has 0 saturated carbocycles. The third kappa shape index (κ3) is 8.74. The number of amides is 4. The minimum atomic E-state index is -1.38. The number of nitrogens with zero attached hydrogens (tertiary/aromatic N) is 1. The number of non-ortho nitro benzene ring substituents is 1. The molecular formula is C23H31N5O9. The third-order valence-electron chi connectivity index (χ3n) is 5.74. The van der Waals surface area contributed by atoms with Gasteiger partial charge in [-0.1, -0.05) is 26.2 Å². The smallest absolute Gasteiger partial charge is 0.303 e. The first-order valence-corrected chi connectivity index (χ1v) is 11.9. The van der Waals surface area contributed by atoms with Crippen LogP contribution in [0.1, 0.15) is 62.2 Å². The van der Waals surface area contributed by atoms with Crippen molar-refractivity contribution in [3.8, 4) is 5.75 Å². The summed E-state index contributed by atoms with van der Waals surface area (Å²) in [5.41, 5.74) is 4.75. The molecule has 1 aromatic rings. The second kappa shape index (κ2) is 13.8. The molecule has 2 rings (SSSR count). The highest BCUT2D eigenvalue weighted by molar-refractivity contribution is 6.01. The second-order valence-electron chi connectivity index (χ2n) is 8.55. The molecule has 202 valence electrons. The zero-order chi connectivity index (χ0) is 27.5. The van der Waals surface area contributed by atoms with Gasteiger partial charge in [0.1, 0.15) is 23.9 Å². The van der Waals surface area contributed by atoms with Gasteiger partial charge in [-0.3, -0.25) is 34.1 Å². The van der Waals surface area contributed by atoms with Crippen LogP contribution in [0.15, 0.2) is 18.2 Å². The van der Waals surface area contributed by atoms with Crippen LogP contribution in [0.25, 0.3) is 0 Å². The Kier molecular flexibility index (Phi) is 10.8. The molecular weight excluding hydrogens is 490 g/mol. The number of aliphatic carboxylic acids is 1. The molecule has 0 aliphatic carbocycles. The fraction of sp³-hybridized carbons (Fsp3) is 0.522.